The van der Waals surface area contributed by atoms with Gasteiger partial charge in [-0.25, -0.2) is 9.13 Å². The fourth-order valence-electron chi connectivity index (χ4n) is 12.2. The first-order chi connectivity index (χ1) is 47.7. The van der Waals surface area contributed by atoms with Crippen LogP contribution in [-0.4, -0.2) is 96.7 Å². The van der Waals surface area contributed by atoms with Crippen LogP contribution in [0.15, 0.2) is 0 Å². The Balaban J connectivity index is 5.20. The second kappa shape index (κ2) is 69.1. The Kier molecular flexibility index (Phi) is 67.8. The summed E-state index contributed by atoms with van der Waals surface area (Å²) in [7, 11) is -9.92. The molecule has 0 amide bonds. The highest BCUT2D eigenvalue weighted by Gasteiger charge is 2.30. The van der Waals surface area contributed by atoms with Crippen molar-refractivity contribution in [1.29, 1.82) is 0 Å². The van der Waals surface area contributed by atoms with Gasteiger partial charge in [-0.2, -0.15) is 0 Å². The summed E-state index contributed by atoms with van der Waals surface area (Å²) >= 11 is 0. The van der Waals surface area contributed by atoms with Crippen LogP contribution in [0, 0.1) is 23.7 Å². The molecule has 8 atom stereocenters. The minimum absolute atomic E-state index is 0.102. The van der Waals surface area contributed by atoms with Gasteiger partial charge >= 0.3 is 39.5 Å². The third-order valence-electron chi connectivity index (χ3n) is 19.7. The molecule has 17 nitrogen and oxygen atoms in total. The van der Waals surface area contributed by atoms with Gasteiger partial charge < -0.3 is 33.8 Å². The molecular weight excluding hydrogens is 1290 g/mol. The van der Waals surface area contributed by atoms with E-state index in [9.17, 15) is 43.2 Å². The minimum atomic E-state index is -4.96. The number of aliphatic hydroxyl groups is 1. The molecule has 0 aliphatic heterocycles. The van der Waals surface area contributed by atoms with Crippen molar-refractivity contribution in [2.45, 2.75) is 427 Å². The standard InChI is InChI=1S/C80H156O17P2/c1-9-71(6)57-49-41-33-29-25-21-18-19-23-27-31-35-46-54-62-79(84)96-75(66-90-77(82)60-52-44-34-30-26-22-17-15-13-12-14-16-20-24-28-32-40-48-56-70(4)5)68-94-98(86,87)92-64-74(81)65-93-99(88,89)95-69-76(97-80(85)63-55-47-39-37-43-51-59-73(8)11-3)67-91-78(83)61-53-45-38-36-42-50-58-72(7)10-2/h70-76,81H,9-69H2,1-8H3,(H,86,87)(H,88,89)/t71?,72?,73?,74-,75-,76-/m1/s1. The van der Waals surface area contributed by atoms with E-state index in [1.807, 2.05) is 0 Å². The summed E-state index contributed by atoms with van der Waals surface area (Å²) in [4.78, 5) is 72.9. The molecular formula is C80H156O17P2. The number of hydrogen-bond donors (Lipinski definition) is 3. The topological polar surface area (TPSA) is 237 Å². The van der Waals surface area contributed by atoms with E-state index < -0.39 is 97.5 Å². The third-order valence-corrected chi connectivity index (χ3v) is 21.6. The predicted octanol–water partition coefficient (Wildman–Crippen LogP) is 23.6. The van der Waals surface area contributed by atoms with Gasteiger partial charge in [0.15, 0.2) is 12.2 Å². The maximum atomic E-state index is 13.1. The van der Waals surface area contributed by atoms with Gasteiger partial charge in [0.1, 0.15) is 19.3 Å². The summed E-state index contributed by atoms with van der Waals surface area (Å²) in [6, 6.07) is 0. The van der Waals surface area contributed by atoms with Crippen LogP contribution in [0.2, 0.25) is 0 Å². The molecule has 0 rings (SSSR count). The Morgan fingerprint density at radius 1 is 0.283 bits per heavy atom. The summed E-state index contributed by atoms with van der Waals surface area (Å²) < 4.78 is 68.6. The van der Waals surface area contributed by atoms with Crippen molar-refractivity contribution in [3.05, 3.63) is 0 Å². The van der Waals surface area contributed by atoms with E-state index in [1.54, 1.807) is 0 Å². The molecule has 19 heteroatoms. The Morgan fingerprint density at radius 3 is 0.717 bits per heavy atom. The molecule has 0 heterocycles. The first-order valence-electron chi connectivity index (χ1n) is 41.3. The van der Waals surface area contributed by atoms with E-state index >= 15 is 0 Å². The zero-order chi connectivity index (χ0) is 73.1. The molecule has 0 aliphatic rings. The Morgan fingerprint density at radius 2 is 0.485 bits per heavy atom. The molecule has 0 saturated carbocycles. The van der Waals surface area contributed by atoms with Crippen molar-refractivity contribution in [2.24, 2.45) is 23.7 Å². The number of carbonyl (C=O) groups excluding carboxylic acids is 4. The maximum absolute atomic E-state index is 13.1. The molecule has 0 bridgehead atoms. The second-order valence-corrected chi connectivity index (χ2v) is 32.9. The fraction of sp³-hybridized carbons (Fsp3) is 0.950. The van der Waals surface area contributed by atoms with Gasteiger partial charge in [-0.3, -0.25) is 37.3 Å². The average molecular weight is 1450 g/mol. The number of ether oxygens (including phenoxy) is 4. The van der Waals surface area contributed by atoms with Gasteiger partial charge in [-0.1, -0.05) is 357 Å². The van der Waals surface area contributed by atoms with E-state index in [0.717, 1.165) is 120 Å². The van der Waals surface area contributed by atoms with Crippen molar-refractivity contribution in [2.75, 3.05) is 39.6 Å². The smallest absolute Gasteiger partial charge is 0.462 e. The van der Waals surface area contributed by atoms with E-state index in [-0.39, 0.29) is 25.7 Å². The van der Waals surface area contributed by atoms with Gasteiger partial charge in [0, 0.05) is 25.7 Å². The molecule has 0 aromatic heterocycles. The van der Waals surface area contributed by atoms with E-state index in [4.69, 9.17) is 37.0 Å². The van der Waals surface area contributed by atoms with Crippen LogP contribution < -0.4 is 0 Å². The Labute approximate surface area is 607 Å². The molecule has 588 valence electrons. The lowest BCUT2D eigenvalue weighted by Crippen LogP contribution is -2.30. The number of esters is 4. The number of aliphatic hydroxyl groups excluding tert-OH is 1. The number of rotatable bonds is 77. The van der Waals surface area contributed by atoms with E-state index in [2.05, 4.69) is 55.4 Å². The largest absolute Gasteiger partial charge is 0.472 e. The number of phosphoric acid groups is 2. The molecule has 0 aromatic rings. The Bertz CT molecular complexity index is 1940. The highest BCUT2D eigenvalue weighted by Crippen LogP contribution is 2.45. The monoisotopic (exact) mass is 1450 g/mol. The van der Waals surface area contributed by atoms with Crippen molar-refractivity contribution in [3.8, 4) is 0 Å². The predicted molar refractivity (Wildman–Crippen MR) is 404 cm³/mol. The molecule has 0 fully saturated rings. The summed E-state index contributed by atoms with van der Waals surface area (Å²) in [5.41, 5.74) is 0. The summed E-state index contributed by atoms with van der Waals surface area (Å²) in [5.74, 6) is 0.999. The molecule has 0 radical (unpaired) electrons. The van der Waals surface area contributed by atoms with Gasteiger partial charge in [0.25, 0.3) is 0 Å². The van der Waals surface area contributed by atoms with Gasteiger partial charge in [0.05, 0.1) is 26.4 Å². The van der Waals surface area contributed by atoms with Crippen LogP contribution in [-0.2, 0) is 65.4 Å². The average Bonchev–Trinajstić information content (AvgIpc) is 1.14. The highest BCUT2D eigenvalue weighted by molar-refractivity contribution is 7.47. The van der Waals surface area contributed by atoms with Crippen molar-refractivity contribution < 1.29 is 80.2 Å². The minimum Gasteiger partial charge on any atom is -0.462 e. The van der Waals surface area contributed by atoms with E-state index in [0.29, 0.717) is 25.7 Å². The first-order valence-corrected chi connectivity index (χ1v) is 44.3. The number of phosphoric ester groups is 2. The molecule has 99 heavy (non-hydrogen) atoms. The van der Waals surface area contributed by atoms with Crippen LogP contribution in [0.25, 0.3) is 0 Å². The SMILES string of the molecule is CCC(C)CCCCCCCCCCCCCCCCC(=O)O[C@H](COC(=O)CCCCCCCCCCCCCCCCCCCCC(C)C)COP(=O)(O)OC[C@@H](O)COP(=O)(O)OC[C@@H](COC(=O)CCCCCCCCC(C)CC)OC(=O)CCCCCCCCC(C)CC. The zero-order valence-electron chi connectivity index (χ0n) is 65.1. The lowest BCUT2D eigenvalue weighted by Gasteiger charge is -2.21. The zero-order valence-corrected chi connectivity index (χ0v) is 66.9. The maximum Gasteiger partial charge on any atom is 0.472 e. The van der Waals surface area contributed by atoms with Crippen LogP contribution in [0.4, 0.5) is 0 Å². The number of unbranched alkanes of at least 4 members (excludes halogenated alkanes) is 40. The lowest BCUT2D eigenvalue weighted by atomic mass is 9.99. The highest BCUT2D eigenvalue weighted by atomic mass is 31.2. The summed E-state index contributed by atoms with van der Waals surface area (Å²) in [5, 5.41) is 10.6. The third kappa shape index (κ3) is 70.2. The molecule has 0 aromatic carbocycles. The van der Waals surface area contributed by atoms with Crippen LogP contribution >= 0.6 is 15.6 Å². The Hall–Kier alpha value is -1.94. The van der Waals surface area contributed by atoms with Gasteiger partial charge in [-0.15, -0.1) is 0 Å². The summed E-state index contributed by atoms with van der Waals surface area (Å²) in [6.07, 6.45) is 55.7. The molecule has 5 unspecified atom stereocenters. The van der Waals surface area contributed by atoms with Crippen molar-refractivity contribution in [1.82, 2.24) is 0 Å². The van der Waals surface area contributed by atoms with Gasteiger partial charge in [0.2, 0.25) is 0 Å². The van der Waals surface area contributed by atoms with Crippen LogP contribution in [0.1, 0.15) is 409 Å². The summed E-state index contributed by atoms with van der Waals surface area (Å²) in [6.45, 7) is 14.2. The normalized spacial score (nSPS) is 14.9. The molecule has 0 aliphatic carbocycles. The quantitative estimate of drug-likeness (QED) is 0.0222. The van der Waals surface area contributed by atoms with Crippen molar-refractivity contribution >= 4 is 39.5 Å². The molecule has 0 spiro atoms. The number of carbonyl (C=O) groups is 4. The van der Waals surface area contributed by atoms with Crippen LogP contribution in [0.3, 0.4) is 0 Å². The first kappa shape index (κ1) is 97.1. The molecule has 0 saturated heterocycles. The second-order valence-electron chi connectivity index (χ2n) is 30.0. The fourth-order valence-corrected chi connectivity index (χ4v) is 13.7. The lowest BCUT2D eigenvalue weighted by molar-refractivity contribution is -0.161. The van der Waals surface area contributed by atoms with Gasteiger partial charge in [-0.05, 0) is 49.4 Å². The van der Waals surface area contributed by atoms with E-state index in [1.165, 1.54) is 205 Å². The molecule has 3 N–H and O–H groups in total. The number of hydrogen-bond acceptors (Lipinski definition) is 15. The van der Waals surface area contributed by atoms with Crippen LogP contribution in [0.5, 0.6) is 0 Å². The van der Waals surface area contributed by atoms with Crippen molar-refractivity contribution in [3.63, 3.8) is 0 Å².